The average Bonchev–Trinajstić information content (AvgIpc) is 3.33. The minimum Gasteiger partial charge on any atom is -0.378 e. The third-order valence-corrected chi connectivity index (χ3v) is 5.77. The van der Waals surface area contributed by atoms with Crippen LogP contribution in [0.2, 0.25) is 0 Å². The van der Waals surface area contributed by atoms with Gasteiger partial charge in [0, 0.05) is 18.1 Å². The van der Waals surface area contributed by atoms with Gasteiger partial charge >= 0.3 is 0 Å². The molecule has 1 aliphatic rings. The number of nitriles is 1. The monoisotopic (exact) mass is 382 g/mol. The lowest BCUT2D eigenvalue weighted by molar-refractivity contribution is 0.600. The summed E-state index contributed by atoms with van der Waals surface area (Å²) in [6.45, 7) is 2.13. The zero-order chi connectivity index (χ0) is 20.0. The van der Waals surface area contributed by atoms with Crippen molar-refractivity contribution in [2.75, 3.05) is 5.32 Å². The Hall–Kier alpha value is -3.59. The molecule has 0 radical (unpaired) electrons. The van der Waals surface area contributed by atoms with E-state index in [1.54, 1.807) is 4.68 Å². The molecule has 5 rings (SSSR count). The fourth-order valence-corrected chi connectivity index (χ4v) is 4.29. The van der Waals surface area contributed by atoms with E-state index in [9.17, 15) is 5.26 Å². The first-order valence-electron chi connectivity index (χ1n) is 9.89. The van der Waals surface area contributed by atoms with Crippen molar-refractivity contribution in [3.63, 3.8) is 0 Å². The summed E-state index contributed by atoms with van der Waals surface area (Å²) in [5.41, 5.74) is 7.64. The molecule has 29 heavy (non-hydrogen) atoms. The summed E-state index contributed by atoms with van der Waals surface area (Å²) in [5, 5.41) is 22.9. The number of fused-ring (bicyclic) bond motifs is 2. The molecular formula is C23H22N6. The van der Waals surface area contributed by atoms with Crippen LogP contribution in [-0.2, 0) is 13.5 Å². The number of nitrogens with zero attached hydrogens (tertiary/aromatic N) is 5. The molecule has 144 valence electrons. The fraction of sp³-hybridized carbons (Fsp3) is 0.261. The van der Waals surface area contributed by atoms with E-state index in [0.29, 0.717) is 0 Å². The topological polar surface area (TPSA) is 71.5 Å². The van der Waals surface area contributed by atoms with Crippen LogP contribution in [0.1, 0.15) is 41.1 Å². The van der Waals surface area contributed by atoms with Gasteiger partial charge in [0.1, 0.15) is 5.69 Å². The van der Waals surface area contributed by atoms with Gasteiger partial charge in [-0.1, -0.05) is 6.07 Å². The third-order valence-electron chi connectivity index (χ3n) is 5.77. The number of nitrogens with one attached hydrogen (secondary N) is 1. The van der Waals surface area contributed by atoms with E-state index in [1.807, 2.05) is 42.5 Å². The van der Waals surface area contributed by atoms with Crippen LogP contribution >= 0.6 is 0 Å². The lowest BCUT2D eigenvalue weighted by Crippen LogP contribution is -2.18. The Morgan fingerprint density at radius 1 is 1.17 bits per heavy atom. The summed E-state index contributed by atoms with van der Waals surface area (Å²) < 4.78 is 3.71. The summed E-state index contributed by atoms with van der Waals surface area (Å²) in [5.74, 6) is 0. The van der Waals surface area contributed by atoms with E-state index in [2.05, 4.69) is 46.7 Å². The van der Waals surface area contributed by atoms with Crippen LogP contribution in [0, 0.1) is 18.3 Å². The van der Waals surface area contributed by atoms with Crippen molar-refractivity contribution in [2.24, 2.45) is 7.05 Å². The van der Waals surface area contributed by atoms with Crippen molar-refractivity contribution in [2.45, 2.75) is 32.2 Å². The minimum absolute atomic E-state index is 0.248. The summed E-state index contributed by atoms with van der Waals surface area (Å²) in [4.78, 5) is 0. The molecule has 0 amide bonds. The van der Waals surface area contributed by atoms with Crippen LogP contribution < -0.4 is 5.32 Å². The summed E-state index contributed by atoms with van der Waals surface area (Å²) in [6.07, 6.45) is 8.92. The number of hydrogen-bond donors (Lipinski definition) is 1. The predicted molar refractivity (Wildman–Crippen MR) is 113 cm³/mol. The Morgan fingerprint density at radius 3 is 2.86 bits per heavy atom. The number of rotatable bonds is 3. The Labute approximate surface area is 169 Å². The van der Waals surface area contributed by atoms with Gasteiger partial charge in [0.05, 0.1) is 41.8 Å². The number of aryl methyl sites for hydroxylation is 3. The normalized spacial score (nSPS) is 15.8. The molecule has 2 aromatic heterocycles. The molecule has 0 saturated carbocycles. The van der Waals surface area contributed by atoms with Crippen molar-refractivity contribution < 1.29 is 0 Å². The zero-order valence-corrected chi connectivity index (χ0v) is 16.6. The molecule has 0 saturated heterocycles. The molecule has 2 heterocycles. The molecule has 0 fully saturated rings. The number of hydrogen-bond acceptors (Lipinski definition) is 4. The maximum Gasteiger partial charge on any atom is 0.103 e. The van der Waals surface area contributed by atoms with Gasteiger partial charge < -0.3 is 5.32 Å². The van der Waals surface area contributed by atoms with Crippen LogP contribution in [0.3, 0.4) is 0 Å². The quantitative estimate of drug-likeness (QED) is 0.569. The van der Waals surface area contributed by atoms with Crippen molar-refractivity contribution in [1.82, 2.24) is 19.6 Å². The van der Waals surface area contributed by atoms with Gasteiger partial charge in [0.2, 0.25) is 0 Å². The van der Waals surface area contributed by atoms with Gasteiger partial charge in [-0.05, 0) is 67.1 Å². The first kappa shape index (κ1) is 17.5. The van der Waals surface area contributed by atoms with E-state index in [4.69, 9.17) is 0 Å². The van der Waals surface area contributed by atoms with E-state index in [-0.39, 0.29) is 6.04 Å². The molecule has 6 heteroatoms. The third kappa shape index (κ3) is 3.05. The summed E-state index contributed by atoms with van der Waals surface area (Å²) in [6, 6.07) is 12.9. The molecule has 0 bridgehead atoms. The second kappa shape index (κ2) is 6.78. The summed E-state index contributed by atoms with van der Waals surface area (Å²) in [7, 11) is 1.91. The zero-order valence-electron chi connectivity index (χ0n) is 16.6. The van der Waals surface area contributed by atoms with Crippen molar-refractivity contribution >= 4 is 16.6 Å². The molecule has 1 N–H and O–H groups in total. The fourth-order valence-electron chi connectivity index (χ4n) is 4.29. The van der Waals surface area contributed by atoms with Crippen molar-refractivity contribution in [3.05, 3.63) is 71.2 Å². The number of aromatic nitrogens is 4. The molecule has 1 atom stereocenters. The molecule has 6 nitrogen and oxygen atoms in total. The van der Waals surface area contributed by atoms with E-state index in [0.717, 1.165) is 47.1 Å². The van der Waals surface area contributed by atoms with Crippen LogP contribution in [-0.4, -0.2) is 19.6 Å². The Morgan fingerprint density at radius 2 is 2.07 bits per heavy atom. The first-order chi connectivity index (χ1) is 14.1. The number of benzene rings is 2. The minimum atomic E-state index is 0.248. The number of anilines is 1. The smallest absolute Gasteiger partial charge is 0.103 e. The maximum atomic E-state index is 9.20. The van der Waals surface area contributed by atoms with E-state index < -0.39 is 0 Å². The molecule has 1 unspecified atom stereocenters. The summed E-state index contributed by atoms with van der Waals surface area (Å²) >= 11 is 0. The van der Waals surface area contributed by atoms with Crippen LogP contribution in [0.5, 0.6) is 0 Å². The largest absolute Gasteiger partial charge is 0.378 e. The highest BCUT2D eigenvalue weighted by Crippen LogP contribution is 2.35. The van der Waals surface area contributed by atoms with Gasteiger partial charge in [-0.3, -0.25) is 4.68 Å². The highest BCUT2D eigenvalue weighted by molar-refractivity contribution is 5.85. The Kier molecular flexibility index (Phi) is 4.09. The van der Waals surface area contributed by atoms with Gasteiger partial charge in [-0.15, -0.1) is 0 Å². The second-order valence-corrected chi connectivity index (χ2v) is 7.77. The molecule has 0 spiro atoms. The van der Waals surface area contributed by atoms with Gasteiger partial charge in [-0.25, -0.2) is 4.68 Å². The molecule has 0 aliphatic heterocycles. The van der Waals surface area contributed by atoms with Gasteiger partial charge in [0.25, 0.3) is 0 Å². The second-order valence-electron chi connectivity index (χ2n) is 7.77. The Bertz CT molecular complexity index is 1260. The maximum absolute atomic E-state index is 9.20. The van der Waals surface area contributed by atoms with Crippen LogP contribution in [0.25, 0.3) is 16.6 Å². The first-order valence-corrected chi connectivity index (χ1v) is 9.89. The van der Waals surface area contributed by atoms with Crippen molar-refractivity contribution in [3.8, 4) is 11.8 Å². The van der Waals surface area contributed by atoms with E-state index in [1.165, 1.54) is 16.7 Å². The molecule has 1 aliphatic carbocycles. The average molecular weight is 382 g/mol. The van der Waals surface area contributed by atoms with Crippen LogP contribution in [0.4, 0.5) is 5.69 Å². The lowest BCUT2D eigenvalue weighted by Gasteiger charge is -2.28. The Balaban J connectivity index is 1.53. The molecular weight excluding hydrogens is 360 g/mol. The highest BCUT2D eigenvalue weighted by atomic mass is 15.3. The molecule has 2 aromatic carbocycles. The highest BCUT2D eigenvalue weighted by Gasteiger charge is 2.21. The lowest BCUT2D eigenvalue weighted by atomic mass is 9.86. The van der Waals surface area contributed by atoms with Gasteiger partial charge in [-0.2, -0.15) is 15.5 Å². The SMILES string of the molecule is Cc1cc2cnn(-c3cnn(C)c3)c2cc1NC1CCCc2cc(C#N)ccc21. The van der Waals surface area contributed by atoms with Gasteiger partial charge in [0.15, 0.2) is 0 Å². The van der Waals surface area contributed by atoms with E-state index >= 15 is 0 Å². The van der Waals surface area contributed by atoms with Crippen molar-refractivity contribution in [1.29, 1.82) is 5.26 Å². The standard InChI is InChI=1S/C23H22N6/c1-15-8-18-12-26-29(19-13-25-28(2)14-19)23(18)10-22(15)27-21-5-3-4-17-9-16(11-24)6-7-20(17)21/h6-10,12-14,21,27H,3-5H2,1-2H3. The van der Waals surface area contributed by atoms with Crippen LogP contribution in [0.15, 0.2) is 48.9 Å². The molecule has 4 aromatic rings. The predicted octanol–water partition coefficient (Wildman–Crippen LogP) is 4.43.